The van der Waals surface area contributed by atoms with Crippen molar-refractivity contribution < 1.29 is 9.90 Å². The first-order valence-corrected chi connectivity index (χ1v) is 5.85. The van der Waals surface area contributed by atoms with Crippen molar-refractivity contribution in [3.63, 3.8) is 0 Å². The molecule has 0 saturated carbocycles. The van der Waals surface area contributed by atoms with Crippen LogP contribution in [0, 0.1) is 0 Å². The number of rotatable bonds is 10. The molecule has 0 aromatic rings. The highest BCUT2D eigenvalue weighted by Crippen LogP contribution is 2.07. The maximum atomic E-state index is 10.2. The minimum absolute atomic E-state index is 0.306. The Balaban J connectivity index is 3.09. The highest BCUT2D eigenvalue weighted by molar-refractivity contribution is 5.66. The summed E-state index contributed by atoms with van der Waals surface area (Å²) in [6.07, 6.45) is 11.2. The Hall–Kier alpha value is -1.34. The van der Waals surface area contributed by atoms with Gasteiger partial charge in [-0.3, -0.25) is 9.79 Å². The first kappa shape index (κ1) is 14.7. The van der Waals surface area contributed by atoms with E-state index in [1.807, 2.05) is 6.21 Å². The van der Waals surface area contributed by atoms with Crippen LogP contribution in [0.4, 0.5) is 0 Å². The minimum Gasteiger partial charge on any atom is -0.481 e. The van der Waals surface area contributed by atoms with Crippen molar-refractivity contribution in [2.24, 2.45) is 4.99 Å². The summed E-state index contributed by atoms with van der Waals surface area (Å²) in [5.74, 6) is -0.688. The molecule has 90 valence electrons. The van der Waals surface area contributed by atoms with Gasteiger partial charge in [-0.25, -0.2) is 0 Å². The predicted octanol–water partition coefficient (Wildman–Crippen LogP) is 3.56. The average molecular weight is 223 g/mol. The molecule has 3 heteroatoms. The van der Waals surface area contributed by atoms with Gasteiger partial charge in [0.05, 0.1) is 6.20 Å². The van der Waals surface area contributed by atoms with Gasteiger partial charge in [0.25, 0.3) is 0 Å². The summed E-state index contributed by atoms with van der Waals surface area (Å²) in [6, 6.07) is 0. The van der Waals surface area contributed by atoms with Gasteiger partial charge in [0.2, 0.25) is 0 Å². The van der Waals surface area contributed by atoms with Gasteiger partial charge >= 0.3 is 5.97 Å². The van der Waals surface area contributed by atoms with Gasteiger partial charge in [-0.05, 0) is 19.3 Å². The number of carbonyl (C=O) groups is 1. The Morgan fingerprint density at radius 1 is 1.19 bits per heavy atom. The smallest absolute Gasteiger partial charge is 0.303 e. The monoisotopic (exact) mass is 223 g/mol. The molecule has 0 aromatic heterocycles. The SMILES string of the molecule is C=C=C/N=C/CCCCCCCCC(=O)O. The highest BCUT2D eigenvalue weighted by Gasteiger charge is 1.95. The van der Waals surface area contributed by atoms with Crippen LogP contribution in [0.5, 0.6) is 0 Å². The molecule has 0 radical (unpaired) electrons. The van der Waals surface area contributed by atoms with Crippen molar-refractivity contribution >= 4 is 12.2 Å². The fourth-order valence-corrected chi connectivity index (χ4v) is 1.40. The zero-order valence-corrected chi connectivity index (χ0v) is 9.82. The Morgan fingerprint density at radius 2 is 1.81 bits per heavy atom. The molecule has 0 fully saturated rings. The lowest BCUT2D eigenvalue weighted by Crippen LogP contribution is -1.93. The quantitative estimate of drug-likeness (QED) is 0.350. The van der Waals surface area contributed by atoms with Crippen LogP contribution >= 0.6 is 0 Å². The van der Waals surface area contributed by atoms with Gasteiger partial charge in [-0.15, -0.1) is 5.73 Å². The molecule has 0 aliphatic heterocycles. The van der Waals surface area contributed by atoms with Crippen LogP contribution in [0.3, 0.4) is 0 Å². The van der Waals surface area contributed by atoms with Crippen molar-refractivity contribution in [1.29, 1.82) is 0 Å². The molecule has 0 unspecified atom stereocenters. The number of unbranched alkanes of at least 4 members (excludes halogenated alkanes) is 6. The average Bonchev–Trinajstić information content (AvgIpc) is 2.25. The standard InChI is InChI=1S/C13H21NO2/c1-2-11-14-12-9-7-5-3-4-6-8-10-13(15)16/h11-12H,1,3-10H2,(H,15,16)/b14-12+. The molecule has 0 heterocycles. The van der Waals surface area contributed by atoms with E-state index in [0.29, 0.717) is 6.42 Å². The molecule has 0 aliphatic carbocycles. The zero-order chi connectivity index (χ0) is 12.1. The highest BCUT2D eigenvalue weighted by atomic mass is 16.4. The van der Waals surface area contributed by atoms with Gasteiger partial charge < -0.3 is 5.11 Å². The van der Waals surface area contributed by atoms with E-state index in [9.17, 15) is 4.79 Å². The van der Waals surface area contributed by atoms with Gasteiger partial charge in [-0.1, -0.05) is 32.3 Å². The van der Waals surface area contributed by atoms with E-state index >= 15 is 0 Å². The van der Waals surface area contributed by atoms with E-state index in [1.54, 1.807) is 6.20 Å². The predicted molar refractivity (Wildman–Crippen MR) is 66.8 cm³/mol. The summed E-state index contributed by atoms with van der Waals surface area (Å²) >= 11 is 0. The molecular weight excluding hydrogens is 202 g/mol. The fourth-order valence-electron chi connectivity index (χ4n) is 1.40. The lowest BCUT2D eigenvalue weighted by molar-refractivity contribution is -0.137. The zero-order valence-electron chi connectivity index (χ0n) is 9.82. The molecule has 0 saturated heterocycles. The van der Waals surface area contributed by atoms with Gasteiger partial charge in [0.1, 0.15) is 0 Å². The van der Waals surface area contributed by atoms with Crippen LogP contribution in [-0.4, -0.2) is 17.3 Å². The van der Waals surface area contributed by atoms with Crippen molar-refractivity contribution in [2.75, 3.05) is 0 Å². The van der Waals surface area contributed by atoms with Gasteiger partial charge in [-0.2, -0.15) is 0 Å². The first-order chi connectivity index (χ1) is 7.77. The van der Waals surface area contributed by atoms with Crippen molar-refractivity contribution in [2.45, 2.75) is 51.4 Å². The maximum absolute atomic E-state index is 10.2. The molecule has 0 rings (SSSR count). The minimum atomic E-state index is -0.688. The van der Waals surface area contributed by atoms with E-state index in [-0.39, 0.29) is 0 Å². The Labute approximate surface area is 97.6 Å². The van der Waals surface area contributed by atoms with E-state index < -0.39 is 5.97 Å². The van der Waals surface area contributed by atoms with Crippen LogP contribution in [0.15, 0.2) is 23.5 Å². The van der Waals surface area contributed by atoms with Crippen LogP contribution in [-0.2, 0) is 4.79 Å². The van der Waals surface area contributed by atoms with Gasteiger partial charge in [0, 0.05) is 12.6 Å². The molecule has 0 bridgehead atoms. The Morgan fingerprint density at radius 3 is 2.44 bits per heavy atom. The third kappa shape index (κ3) is 12.7. The van der Waals surface area contributed by atoms with Crippen LogP contribution in [0.1, 0.15) is 51.4 Å². The molecule has 0 spiro atoms. The van der Waals surface area contributed by atoms with Crippen LogP contribution in [0.2, 0.25) is 0 Å². The van der Waals surface area contributed by atoms with Crippen molar-refractivity contribution in [3.8, 4) is 0 Å². The number of nitrogens with zero attached hydrogens (tertiary/aromatic N) is 1. The molecule has 16 heavy (non-hydrogen) atoms. The summed E-state index contributed by atoms with van der Waals surface area (Å²) in [5.41, 5.74) is 2.58. The van der Waals surface area contributed by atoms with E-state index in [2.05, 4.69) is 17.3 Å². The second kappa shape index (κ2) is 11.7. The number of carboxylic acids is 1. The molecule has 0 atom stereocenters. The largest absolute Gasteiger partial charge is 0.481 e. The van der Waals surface area contributed by atoms with E-state index in [4.69, 9.17) is 5.11 Å². The Kier molecular flexibility index (Phi) is 10.8. The fraction of sp³-hybridized carbons (Fsp3) is 0.615. The van der Waals surface area contributed by atoms with E-state index in [0.717, 1.165) is 32.1 Å². The van der Waals surface area contributed by atoms with Crippen molar-refractivity contribution in [1.82, 2.24) is 0 Å². The summed E-state index contributed by atoms with van der Waals surface area (Å²) in [7, 11) is 0. The summed E-state index contributed by atoms with van der Waals surface area (Å²) in [4.78, 5) is 14.2. The molecular formula is C13H21NO2. The van der Waals surface area contributed by atoms with Crippen molar-refractivity contribution in [3.05, 3.63) is 18.5 Å². The van der Waals surface area contributed by atoms with Gasteiger partial charge in [0.15, 0.2) is 0 Å². The lowest BCUT2D eigenvalue weighted by atomic mass is 10.1. The third-order valence-corrected chi connectivity index (χ3v) is 2.25. The number of carboxylic acid groups (broad SMARTS) is 1. The van der Waals surface area contributed by atoms with Crippen LogP contribution in [0.25, 0.3) is 0 Å². The number of aliphatic carboxylic acids is 1. The summed E-state index contributed by atoms with van der Waals surface area (Å²) in [6.45, 7) is 3.41. The second-order valence-electron chi connectivity index (χ2n) is 3.72. The van der Waals surface area contributed by atoms with E-state index in [1.165, 1.54) is 12.8 Å². The molecule has 0 aliphatic rings. The summed E-state index contributed by atoms with van der Waals surface area (Å²) < 4.78 is 0. The molecule has 1 N–H and O–H groups in total. The number of hydrogen-bond acceptors (Lipinski definition) is 2. The maximum Gasteiger partial charge on any atom is 0.303 e. The number of aliphatic imine (C=N–C) groups is 1. The lowest BCUT2D eigenvalue weighted by Gasteiger charge is -1.98. The summed E-state index contributed by atoms with van der Waals surface area (Å²) in [5, 5.41) is 8.43. The molecule has 0 amide bonds. The Bertz CT molecular complexity index is 253. The topological polar surface area (TPSA) is 49.7 Å². The molecule has 0 aromatic carbocycles. The third-order valence-electron chi connectivity index (χ3n) is 2.25. The van der Waals surface area contributed by atoms with Crippen LogP contribution < -0.4 is 0 Å². The number of hydrogen-bond donors (Lipinski definition) is 1. The second-order valence-corrected chi connectivity index (χ2v) is 3.72. The first-order valence-electron chi connectivity index (χ1n) is 5.85. The normalized spacial score (nSPS) is 10.2. The molecule has 3 nitrogen and oxygen atoms in total.